The molecule has 0 aliphatic heterocycles. The van der Waals surface area contributed by atoms with Crippen LogP contribution < -0.4 is 0 Å². The minimum atomic E-state index is -0.819. The Morgan fingerprint density at radius 2 is 1.24 bits per heavy atom. The highest BCUT2D eigenvalue weighted by Crippen LogP contribution is 2.24. The molecule has 45 heavy (non-hydrogen) atoms. The maximum Gasteiger partial charge on any atom is 0.330 e. The van der Waals surface area contributed by atoms with E-state index in [1.807, 2.05) is 6.08 Å². The van der Waals surface area contributed by atoms with Gasteiger partial charge in [-0.2, -0.15) is 0 Å². The molecule has 0 saturated heterocycles. The van der Waals surface area contributed by atoms with Crippen molar-refractivity contribution in [3.8, 4) is 0 Å². The molecular formula is C41H74O4. The molecule has 0 aliphatic carbocycles. The van der Waals surface area contributed by atoms with E-state index in [0.717, 1.165) is 69.1 Å². The molecule has 262 valence electrons. The Morgan fingerprint density at radius 3 is 1.78 bits per heavy atom. The topological polar surface area (TPSA) is 63.6 Å². The quantitative estimate of drug-likeness (QED) is 0.0386. The van der Waals surface area contributed by atoms with Gasteiger partial charge >= 0.3 is 5.97 Å². The van der Waals surface area contributed by atoms with E-state index in [0.29, 0.717) is 11.5 Å². The van der Waals surface area contributed by atoms with Crippen LogP contribution in [0, 0.1) is 29.6 Å². The van der Waals surface area contributed by atoms with Gasteiger partial charge in [-0.1, -0.05) is 122 Å². The first kappa shape index (κ1) is 43.3. The Balaban J connectivity index is 3.91. The average Bonchev–Trinajstić information content (AvgIpc) is 2.98. The first-order valence-corrected chi connectivity index (χ1v) is 18.5. The van der Waals surface area contributed by atoms with Crippen LogP contribution in [0.4, 0.5) is 0 Å². The number of ether oxygens (including phenoxy) is 1. The predicted molar refractivity (Wildman–Crippen MR) is 195 cm³/mol. The van der Waals surface area contributed by atoms with Gasteiger partial charge in [-0.25, -0.2) is 4.79 Å². The number of unbranched alkanes of at least 4 members (excludes halogenated alkanes) is 1. The largest absolute Gasteiger partial charge is 0.478 e. The third kappa shape index (κ3) is 26.1. The number of allylic oxidation sites excluding steroid dienone is 4. The van der Waals surface area contributed by atoms with Crippen LogP contribution in [0.1, 0.15) is 171 Å². The summed E-state index contributed by atoms with van der Waals surface area (Å²) in [6, 6.07) is 0. The van der Waals surface area contributed by atoms with Gasteiger partial charge in [-0.15, -0.1) is 0 Å². The first-order chi connectivity index (χ1) is 21.3. The summed E-state index contributed by atoms with van der Waals surface area (Å²) in [6.45, 7) is 17.5. The summed E-state index contributed by atoms with van der Waals surface area (Å²) < 4.78 is 5.48. The van der Waals surface area contributed by atoms with Crippen LogP contribution in [-0.2, 0) is 14.3 Å². The fraction of sp³-hybridized carbons (Fsp3) is 0.805. The van der Waals surface area contributed by atoms with Crippen LogP contribution in [-0.4, -0.2) is 30.1 Å². The molecule has 5 atom stereocenters. The molecule has 0 rings (SSSR count). The van der Waals surface area contributed by atoms with Crippen molar-refractivity contribution >= 4 is 12.3 Å². The van der Waals surface area contributed by atoms with Crippen molar-refractivity contribution in [2.24, 2.45) is 29.6 Å². The molecule has 0 amide bonds. The lowest BCUT2D eigenvalue weighted by Crippen LogP contribution is -2.20. The highest BCUT2D eigenvalue weighted by molar-refractivity contribution is 5.85. The van der Waals surface area contributed by atoms with Gasteiger partial charge in [0.2, 0.25) is 0 Å². The number of hydrogen-bond donors (Lipinski definition) is 1. The van der Waals surface area contributed by atoms with Gasteiger partial charge in [0.1, 0.15) is 6.29 Å². The first-order valence-electron chi connectivity index (χ1n) is 18.5. The van der Waals surface area contributed by atoms with E-state index in [2.05, 4.69) is 66.7 Å². The second kappa shape index (κ2) is 26.4. The summed E-state index contributed by atoms with van der Waals surface area (Å²) in [4.78, 5) is 22.5. The third-order valence-corrected chi connectivity index (χ3v) is 9.84. The van der Waals surface area contributed by atoms with Crippen LogP contribution in [0.5, 0.6) is 0 Å². The fourth-order valence-corrected chi connectivity index (χ4v) is 6.03. The number of carbonyl (C=O) groups is 2. The van der Waals surface area contributed by atoms with E-state index >= 15 is 0 Å². The number of carboxylic acid groups (broad SMARTS) is 1. The zero-order chi connectivity index (χ0) is 34.1. The Labute approximate surface area is 279 Å². The normalized spacial score (nSPS) is 16.5. The molecule has 0 saturated carbocycles. The number of rotatable bonds is 29. The van der Waals surface area contributed by atoms with Crippen molar-refractivity contribution < 1.29 is 19.4 Å². The molecule has 0 spiro atoms. The van der Waals surface area contributed by atoms with Crippen molar-refractivity contribution in [2.75, 3.05) is 7.11 Å². The lowest BCUT2D eigenvalue weighted by molar-refractivity contribution is -0.132. The van der Waals surface area contributed by atoms with Gasteiger partial charge in [0, 0.05) is 18.6 Å². The highest BCUT2D eigenvalue weighted by atomic mass is 16.5. The molecule has 4 nitrogen and oxygen atoms in total. The number of hydrogen-bond acceptors (Lipinski definition) is 3. The maximum absolute atomic E-state index is 11.6. The Kier molecular flexibility index (Phi) is 25.4. The number of carboxylic acids is 1. The Morgan fingerprint density at radius 1 is 0.733 bits per heavy atom. The van der Waals surface area contributed by atoms with E-state index < -0.39 is 5.97 Å². The molecule has 0 aromatic carbocycles. The minimum Gasteiger partial charge on any atom is -0.478 e. The fourth-order valence-electron chi connectivity index (χ4n) is 6.03. The smallest absolute Gasteiger partial charge is 0.330 e. The summed E-state index contributed by atoms with van der Waals surface area (Å²) in [5.74, 6) is 2.31. The van der Waals surface area contributed by atoms with Gasteiger partial charge in [-0.3, -0.25) is 0 Å². The van der Waals surface area contributed by atoms with Crippen LogP contribution in [0.15, 0.2) is 35.5 Å². The molecule has 0 fully saturated rings. The SMILES string of the molecule is COC(C)(C)C/C=C/C(C)CCCC(C=O)CCCC(C)CCCCC(C)CCCC(C)CC/C=C(\C)CC/C=C(\C)C(=O)O. The molecular weight excluding hydrogens is 556 g/mol. The molecule has 5 unspecified atom stereocenters. The van der Waals surface area contributed by atoms with Crippen LogP contribution in [0.25, 0.3) is 0 Å². The zero-order valence-corrected chi connectivity index (χ0v) is 31.2. The van der Waals surface area contributed by atoms with E-state index in [-0.39, 0.29) is 11.5 Å². The number of aldehydes is 1. The maximum atomic E-state index is 11.6. The van der Waals surface area contributed by atoms with Crippen LogP contribution in [0.2, 0.25) is 0 Å². The third-order valence-electron chi connectivity index (χ3n) is 9.84. The van der Waals surface area contributed by atoms with Gasteiger partial charge in [0.05, 0.1) is 5.60 Å². The van der Waals surface area contributed by atoms with Crippen LogP contribution >= 0.6 is 0 Å². The Bertz CT molecular complexity index is 852. The molecule has 0 aromatic rings. The highest BCUT2D eigenvalue weighted by Gasteiger charge is 2.14. The lowest BCUT2D eigenvalue weighted by Gasteiger charge is -2.20. The van der Waals surface area contributed by atoms with Crippen molar-refractivity contribution in [1.29, 1.82) is 0 Å². The minimum absolute atomic E-state index is 0.0976. The van der Waals surface area contributed by atoms with Crippen molar-refractivity contribution in [3.63, 3.8) is 0 Å². The van der Waals surface area contributed by atoms with E-state index in [1.165, 1.54) is 76.1 Å². The van der Waals surface area contributed by atoms with Crippen molar-refractivity contribution in [2.45, 2.75) is 177 Å². The average molecular weight is 631 g/mol. The number of aliphatic carboxylic acids is 1. The monoisotopic (exact) mass is 631 g/mol. The molecule has 4 heteroatoms. The van der Waals surface area contributed by atoms with Gasteiger partial charge < -0.3 is 14.6 Å². The summed E-state index contributed by atoms with van der Waals surface area (Å²) in [5, 5.41) is 8.94. The van der Waals surface area contributed by atoms with Crippen molar-refractivity contribution in [1.82, 2.24) is 0 Å². The molecule has 0 bridgehead atoms. The Hall–Kier alpha value is -1.68. The summed E-state index contributed by atoms with van der Waals surface area (Å²) in [7, 11) is 1.77. The second-order valence-corrected chi connectivity index (χ2v) is 15.2. The second-order valence-electron chi connectivity index (χ2n) is 15.2. The van der Waals surface area contributed by atoms with Crippen LogP contribution in [0.3, 0.4) is 0 Å². The summed E-state index contributed by atoms with van der Waals surface area (Å²) in [6.07, 6.45) is 31.1. The number of carbonyl (C=O) groups excluding carboxylic acids is 1. The van der Waals surface area contributed by atoms with Gasteiger partial charge in [0.25, 0.3) is 0 Å². The van der Waals surface area contributed by atoms with E-state index in [1.54, 1.807) is 14.0 Å². The zero-order valence-electron chi connectivity index (χ0n) is 31.2. The standard InChI is InChI=1S/C41H74O4/c1-33(20-12-21-35(3)22-13-23-36(4)24-14-28-38(6)40(43)44)18-10-11-19-34(2)25-15-29-39(32-42)30-16-26-37(5)27-17-31-41(7,8)45-9/h17,23,27-28,32-35,37,39H,10-16,18-22,24-26,29-31H2,1-9H3,(H,43,44)/b27-17+,36-23+,38-28+. The van der Waals surface area contributed by atoms with Gasteiger partial charge in [-0.05, 0) is 103 Å². The molecule has 0 aromatic heterocycles. The molecule has 0 aliphatic rings. The van der Waals surface area contributed by atoms with E-state index in [9.17, 15) is 9.59 Å². The van der Waals surface area contributed by atoms with Crippen molar-refractivity contribution in [3.05, 3.63) is 35.5 Å². The summed E-state index contributed by atoms with van der Waals surface area (Å²) >= 11 is 0. The molecule has 0 heterocycles. The summed E-state index contributed by atoms with van der Waals surface area (Å²) in [5.41, 5.74) is 1.71. The molecule has 0 radical (unpaired) electrons. The predicted octanol–water partition coefficient (Wildman–Crippen LogP) is 12.3. The lowest BCUT2D eigenvalue weighted by atomic mass is 9.90. The molecule has 1 N–H and O–H groups in total. The van der Waals surface area contributed by atoms with Gasteiger partial charge in [0.15, 0.2) is 0 Å². The number of methoxy groups -OCH3 is 1. The van der Waals surface area contributed by atoms with E-state index in [4.69, 9.17) is 9.84 Å².